The Morgan fingerprint density at radius 3 is 2.35 bits per heavy atom. The van der Waals surface area contributed by atoms with Gasteiger partial charge in [-0.1, -0.05) is 29.3 Å². The lowest BCUT2D eigenvalue weighted by molar-refractivity contribution is -0.119. The molecule has 4 nitrogen and oxygen atoms in total. The van der Waals surface area contributed by atoms with Crippen molar-refractivity contribution in [1.29, 1.82) is 0 Å². The molecule has 23 heavy (non-hydrogen) atoms. The van der Waals surface area contributed by atoms with Gasteiger partial charge < -0.3 is 11.1 Å². The van der Waals surface area contributed by atoms with Gasteiger partial charge in [0.05, 0.1) is 0 Å². The van der Waals surface area contributed by atoms with E-state index in [-0.39, 0.29) is 12.3 Å². The Balaban J connectivity index is 2.15. The number of amides is 2. The van der Waals surface area contributed by atoms with Gasteiger partial charge in [0.15, 0.2) is 0 Å². The van der Waals surface area contributed by atoms with E-state index < -0.39 is 17.8 Å². The zero-order valence-electron chi connectivity index (χ0n) is 13.1. The molecule has 0 unspecified atom stereocenters. The monoisotopic (exact) mass is 314 g/mol. The van der Waals surface area contributed by atoms with Gasteiger partial charge >= 0.3 is 0 Å². The standard InChI is InChI=1S/C18H19FN2O2/c1-11-6-12(2)8-14(7-11)18(23)21-16(17(20)22)10-13-4-3-5-15(19)9-13/h3-9,16H,10H2,1-2H3,(H2,20,22)(H,21,23)/t16-/m1/s1. The maximum absolute atomic E-state index is 13.2. The molecule has 0 aliphatic rings. The van der Waals surface area contributed by atoms with Crippen molar-refractivity contribution < 1.29 is 14.0 Å². The second-order valence-electron chi connectivity index (χ2n) is 5.64. The topological polar surface area (TPSA) is 72.2 Å². The molecule has 1 atom stereocenters. The molecule has 0 spiro atoms. The van der Waals surface area contributed by atoms with Crippen molar-refractivity contribution in [3.63, 3.8) is 0 Å². The quantitative estimate of drug-likeness (QED) is 0.888. The number of aryl methyl sites for hydroxylation is 2. The fourth-order valence-corrected chi connectivity index (χ4v) is 2.47. The highest BCUT2D eigenvalue weighted by atomic mass is 19.1. The van der Waals surface area contributed by atoms with Crippen LogP contribution in [0.2, 0.25) is 0 Å². The van der Waals surface area contributed by atoms with Crippen molar-refractivity contribution in [2.24, 2.45) is 5.73 Å². The molecular formula is C18H19FN2O2. The highest BCUT2D eigenvalue weighted by molar-refractivity contribution is 5.97. The van der Waals surface area contributed by atoms with Gasteiger partial charge in [-0.25, -0.2) is 4.39 Å². The van der Waals surface area contributed by atoms with Crippen LogP contribution in [0.5, 0.6) is 0 Å². The minimum absolute atomic E-state index is 0.142. The number of primary amides is 1. The Labute approximate surface area is 134 Å². The van der Waals surface area contributed by atoms with Crippen molar-refractivity contribution in [2.75, 3.05) is 0 Å². The molecule has 0 radical (unpaired) electrons. The van der Waals surface area contributed by atoms with Crippen LogP contribution in [-0.2, 0) is 11.2 Å². The molecule has 0 aliphatic carbocycles. The number of carbonyl (C=O) groups excluding carboxylic acids is 2. The molecule has 0 aliphatic heterocycles. The number of halogens is 1. The van der Waals surface area contributed by atoms with Crippen LogP contribution < -0.4 is 11.1 Å². The zero-order chi connectivity index (χ0) is 17.0. The van der Waals surface area contributed by atoms with Gasteiger partial charge in [-0.3, -0.25) is 9.59 Å². The molecule has 0 aromatic heterocycles. The molecule has 0 heterocycles. The third kappa shape index (κ3) is 4.64. The lowest BCUT2D eigenvalue weighted by atomic mass is 10.0. The van der Waals surface area contributed by atoms with Gasteiger partial charge in [0.1, 0.15) is 11.9 Å². The van der Waals surface area contributed by atoms with Gasteiger partial charge in [-0.05, 0) is 43.7 Å². The van der Waals surface area contributed by atoms with Crippen molar-refractivity contribution in [2.45, 2.75) is 26.3 Å². The number of benzene rings is 2. The maximum atomic E-state index is 13.2. The first kappa shape index (κ1) is 16.7. The Morgan fingerprint density at radius 1 is 1.13 bits per heavy atom. The number of hydrogen-bond donors (Lipinski definition) is 2. The van der Waals surface area contributed by atoms with E-state index in [0.29, 0.717) is 11.1 Å². The Morgan fingerprint density at radius 2 is 1.78 bits per heavy atom. The van der Waals surface area contributed by atoms with E-state index in [1.54, 1.807) is 24.3 Å². The SMILES string of the molecule is Cc1cc(C)cc(C(=O)N[C@H](Cc2cccc(F)c2)C(N)=O)c1. The largest absolute Gasteiger partial charge is 0.368 e. The van der Waals surface area contributed by atoms with E-state index in [9.17, 15) is 14.0 Å². The van der Waals surface area contributed by atoms with Crippen LogP contribution in [0.25, 0.3) is 0 Å². The maximum Gasteiger partial charge on any atom is 0.251 e. The van der Waals surface area contributed by atoms with Crippen molar-refractivity contribution in [3.8, 4) is 0 Å². The van der Waals surface area contributed by atoms with Gasteiger partial charge in [-0.2, -0.15) is 0 Å². The normalized spacial score (nSPS) is 11.8. The van der Waals surface area contributed by atoms with Crippen LogP contribution in [0.15, 0.2) is 42.5 Å². The molecule has 0 saturated heterocycles. The van der Waals surface area contributed by atoms with E-state index in [4.69, 9.17) is 5.73 Å². The minimum atomic E-state index is -0.898. The summed E-state index contributed by atoms with van der Waals surface area (Å²) in [6.07, 6.45) is 0.142. The fraction of sp³-hybridized carbons (Fsp3) is 0.222. The van der Waals surface area contributed by atoms with Gasteiger partial charge in [0, 0.05) is 12.0 Å². The predicted octanol–water partition coefficient (Wildman–Crippen LogP) is 2.27. The molecule has 0 saturated carbocycles. The Bertz CT molecular complexity index is 723. The van der Waals surface area contributed by atoms with Crippen LogP contribution >= 0.6 is 0 Å². The summed E-state index contributed by atoms with van der Waals surface area (Å²) in [7, 11) is 0. The lowest BCUT2D eigenvalue weighted by Crippen LogP contribution is -2.45. The van der Waals surface area contributed by atoms with E-state index in [1.165, 1.54) is 12.1 Å². The van der Waals surface area contributed by atoms with E-state index in [0.717, 1.165) is 11.1 Å². The summed E-state index contributed by atoms with van der Waals surface area (Å²) >= 11 is 0. The summed E-state index contributed by atoms with van der Waals surface area (Å²) in [5.41, 5.74) is 8.33. The molecule has 5 heteroatoms. The van der Waals surface area contributed by atoms with Crippen LogP contribution in [-0.4, -0.2) is 17.9 Å². The average molecular weight is 314 g/mol. The second-order valence-corrected chi connectivity index (χ2v) is 5.64. The summed E-state index contributed by atoms with van der Waals surface area (Å²) in [6, 6.07) is 10.4. The Hall–Kier alpha value is -2.69. The van der Waals surface area contributed by atoms with E-state index in [2.05, 4.69) is 5.32 Å². The van der Waals surface area contributed by atoms with Crippen LogP contribution in [0.3, 0.4) is 0 Å². The number of rotatable bonds is 5. The van der Waals surface area contributed by atoms with E-state index >= 15 is 0 Å². The number of hydrogen-bond acceptors (Lipinski definition) is 2. The molecule has 0 fully saturated rings. The number of nitrogens with one attached hydrogen (secondary N) is 1. The molecular weight excluding hydrogens is 295 g/mol. The highest BCUT2D eigenvalue weighted by Gasteiger charge is 2.20. The molecule has 0 bridgehead atoms. The van der Waals surface area contributed by atoms with Crippen molar-refractivity contribution in [1.82, 2.24) is 5.32 Å². The number of carbonyl (C=O) groups is 2. The molecule has 120 valence electrons. The van der Waals surface area contributed by atoms with Crippen LogP contribution in [0, 0.1) is 19.7 Å². The molecule has 2 aromatic rings. The molecule has 3 N–H and O–H groups in total. The first-order chi connectivity index (χ1) is 10.8. The predicted molar refractivity (Wildman–Crippen MR) is 86.5 cm³/mol. The average Bonchev–Trinajstić information content (AvgIpc) is 2.45. The lowest BCUT2D eigenvalue weighted by Gasteiger charge is -2.16. The fourth-order valence-electron chi connectivity index (χ4n) is 2.47. The summed E-state index contributed by atoms with van der Waals surface area (Å²) in [6.45, 7) is 3.78. The summed E-state index contributed by atoms with van der Waals surface area (Å²) in [4.78, 5) is 23.9. The van der Waals surface area contributed by atoms with Crippen LogP contribution in [0.1, 0.15) is 27.0 Å². The van der Waals surface area contributed by atoms with Crippen LogP contribution in [0.4, 0.5) is 4.39 Å². The first-order valence-electron chi connectivity index (χ1n) is 7.28. The van der Waals surface area contributed by atoms with Crippen molar-refractivity contribution in [3.05, 3.63) is 70.5 Å². The van der Waals surface area contributed by atoms with Crippen molar-refractivity contribution >= 4 is 11.8 Å². The summed E-state index contributed by atoms with van der Waals surface area (Å²) < 4.78 is 13.2. The third-order valence-corrected chi connectivity index (χ3v) is 3.46. The summed E-state index contributed by atoms with van der Waals surface area (Å²) in [5, 5.41) is 2.62. The van der Waals surface area contributed by atoms with E-state index in [1.807, 2.05) is 19.9 Å². The smallest absolute Gasteiger partial charge is 0.251 e. The molecule has 2 amide bonds. The Kier molecular flexibility index (Phi) is 5.11. The number of nitrogens with two attached hydrogens (primary N) is 1. The zero-order valence-corrected chi connectivity index (χ0v) is 13.1. The third-order valence-electron chi connectivity index (χ3n) is 3.46. The molecule has 2 aromatic carbocycles. The minimum Gasteiger partial charge on any atom is -0.368 e. The second kappa shape index (κ2) is 7.05. The molecule has 2 rings (SSSR count). The van der Waals surface area contributed by atoms with Gasteiger partial charge in [0.2, 0.25) is 5.91 Å². The van der Waals surface area contributed by atoms with Gasteiger partial charge in [0.25, 0.3) is 5.91 Å². The highest BCUT2D eigenvalue weighted by Crippen LogP contribution is 2.11. The first-order valence-corrected chi connectivity index (χ1v) is 7.28. The summed E-state index contributed by atoms with van der Waals surface area (Å²) in [5.74, 6) is -1.43. The van der Waals surface area contributed by atoms with Gasteiger partial charge in [-0.15, -0.1) is 0 Å².